The van der Waals surface area contributed by atoms with Gasteiger partial charge in [-0.15, -0.1) is 0 Å². The summed E-state index contributed by atoms with van der Waals surface area (Å²) in [5.41, 5.74) is 2.77. The predicted octanol–water partition coefficient (Wildman–Crippen LogP) is 2.96. The standard InChI is InChI=1S/C21H27N3S/c25-21(22-13-11-19-7-3-1-4-8-19)24-17-15-23(16-18-24)14-12-20-9-5-2-6-10-20/h1-10H,11-18H2,(H,22,25). The molecule has 0 spiro atoms. The molecule has 3 nitrogen and oxygen atoms in total. The zero-order chi connectivity index (χ0) is 17.3. The Balaban J connectivity index is 1.33. The average molecular weight is 354 g/mol. The van der Waals surface area contributed by atoms with Crippen molar-refractivity contribution in [2.24, 2.45) is 0 Å². The van der Waals surface area contributed by atoms with Gasteiger partial charge in [0.2, 0.25) is 0 Å². The van der Waals surface area contributed by atoms with Crippen molar-refractivity contribution < 1.29 is 0 Å². The molecule has 2 aromatic rings. The number of benzene rings is 2. The summed E-state index contributed by atoms with van der Waals surface area (Å²) in [5.74, 6) is 0. The number of hydrogen-bond acceptors (Lipinski definition) is 2. The minimum Gasteiger partial charge on any atom is -0.362 e. The minimum atomic E-state index is 0.900. The summed E-state index contributed by atoms with van der Waals surface area (Å²) in [4.78, 5) is 4.84. The van der Waals surface area contributed by atoms with Gasteiger partial charge in [-0.05, 0) is 36.2 Å². The molecule has 0 aromatic heterocycles. The van der Waals surface area contributed by atoms with Crippen LogP contribution in [0.15, 0.2) is 60.7 Å². The monoisotopic (exact) mass is 353 g/mol. The number of hydrogen-bond donors (Lipinski definition) is 1. The second kappa shape index (κ2) is 9.54. The summed E-state index contributed by atoms with van der Waals surface area (Å²) < 4.78 is 0. The van der Waals surface area contributed by atoms with E-state index >= 15 is 0 Å². The molecule has 1 fully saturated rings. The van der Waals surface area contributed by atoms with Crippen LogP contribution in [-0.2, 0) is 12.8 Å². The van der Waals surface area contributed by atoms with Crippen molar-refractivity contribution in [3.8, 4) is 0 Å². The zero-order valence-corrected chi connectivity index (χ0v) is 15.5. The van der Waals surface area contributed by atoms with E-state index in [0.29, 0.717) is 0 Å². The van der Waals surface area contributed by atoms with Gasteiger partial charge < -0.3 is 10.2 Å². The summed E-state index contributed by atoms with van der Waals surface area (Å²) in [5, 5.41) is 4.31. The summed E-state index contributed by atoms with van der Waals surface area (Å²) in [6, 6.07) is 21.3. The van der Waals surface area contributed by atoms with Crippen molar-refractivity contribution in [2.45, 2.75) is 12.8 Å². The molecular weight excluding hydrogens is 326 g/mol. The average Bonchev–Trinajstić information content (AvgIpc) is 2.68. The fraction of sp³-hybridized carbons (Fsp3) is 0.381. The lowest BCUT2D eigenvalue weighted by Crippen LogP contribution is -2.52. The first kappa shape index (κ1) is 17.9. The molecule has 1 aliphatic rings. The molecular formula is C21H27N3S. The summed E-state index contributed by atoms with van der Waals surface area (Å²) in [7, 11) is 0. The van der Waals surface area contributed by atoms with E-state index in [4.69, 9.17) is 12.2 Å². The highest BCUT2D eigenvalue weighted by Crippen LogP contribution is 2.06. The first-order valence-electron chi connectivity index (χ1n) is 9.14. The molecule has 0 unspecified atom stereocenters. The third kappa shape index (κ3) is 5.83. The Hall–Kier alpha value is -1.91. The summed E-state index contributed by atoms with van der Waals surface area (Å²) in [6.07, 6.45) is 2.14. The molecule has 132 valence electrons. The quantitative estimate of drug-likeness (QED) is 0.805. The third-order valence-electron chi connectivity index (χ3n) is 4.75. The maximum absolute atomic E-state index is 5.57. The third-order valence-corrected chi connectivity index (χ3v) is 5.15. The van der Waals surface area contributed by atoms with Gasteiger partial charge in [0.05, 0.1) is 0 Å². The highest BCUT2D eigenvalue weighted by Gasteiger charge is 2.18. The molecule has 0 bridgehead atoms. The minimum absolute atomic E-state index is 0.900. The molecule has 1 N–H and O–H groups in total. The lowest BCUT2D eigenvalue weighted by Gasteiger charge is -2.36. The largest absolute Gasteiger partial charge is 0.362 e. The highest BCUT2D eigenvalue weighted by molar-refractivity contribution is 7.80. The van der Waals surface area contributed by atoms with Crippen molar-refractivity contribution in [1.82, 2.24) is 15.1 Å². The fourth-order valence-electron chi connectivity index (χ4n) is 3.18. The van der Waals surface area contributed by atoms with Crippen LogP contribution in [0, 0.1) is 0 Å². The van der Waals surface area contributed by atoms with Gasteiger partial charge in [-0.25, -0.2) is 0 Å². The van der Waals surface area contributed by atoms with E-state index in [2.05, 4.69) is 75.8 Å². The number of nitrogens with zero attached hydrogens (tertiary/aromatic N) is 2. The Labute approximate surface area is 156 Å². The smallest absolute Gasteiger partial charge is 0.169 e. The number of nitrogens with one attached hydrogen (secondary N) is 1. The Morgan fingerprint density at radius 2 is 1.36 bits per heavy atom. The van der Waals surface area contributed by atoms with Gasteiger partial charge in [-0.3, -0.25) is 4.90 Å². The highest BCUT2D eigenvalue weighted by atomic mass is 32.1. The molecule has 1 saturated heterocycles. The van der Waals surface area contributed by atoms with Crippen LogP contribution in [0.25, 0.3) is 0 Å². The Morgan fingerprint density at radius 3 is 1.96 bits per heavy atom. The van der Waals surface area contributed by atoms with E-state index in [-0.39, 0.29) is 0 Å². The lowest BCUT2D eigenvalue weighted by molar-refractivity contribution is 0.183. The van der Waals surface area contributed by atoms with E-state index < -0.39 is 0 Å². The van der Waals surface area contributed by atoms with Crippen molar-refractivity contribution >= 4 is 17.3 Å². The molecule has 0 radical (unpaired) electrons. The van der Waals surface area contributed by atoms with Gasteiger partial charge >= 0.3 is 0 Å². The van der Waals surface area contributed by atoms with Gasteiger partial charge in [-0.2, -0.15) is 0 Å². The Kier molecular flexibility index (Phi) is 6.83. The van der Waals surface area contributed by atoms with Crippen LogP contribution in [0.5, 0.6) is 0 Å². The lowest BCUT2D eigenvalue weighted by atomic mass is 10.1. The molecule has 3 rings (SSSR count). The number of rotatable bonds is 6. The van der Waals surface area contributed by atoms with Gasteiger partial charge in [0, 0.05) is 39.3 Å². The Bertz CT molecular complexity index is 637. The van der Waals surface area contributed by atoms with Crippen molar-refractivity contribution in [2.75, 3.05) is 39.3 Å². The van der Waals surface area contributed by atoms with E-state index in [1.165, 1.54) is 11.1 Å². The van der Waals surface area contributed by atoms with Gasteiger partial charge in [0.15, 0.2) is 5.11 Å². The molecule has 4 heteroatoms. The van der Waals surface area contributed by atoms with Crippen molar-refractivity contribution in [3.05, 3.63) is 71.8 Å². The molecule has 0 aliphatic carbocycles. The van der Waals surface area contributed by atoms with Crippen LogP contribution in [0.4, 0.5) is 0 Å². The fourth-order valence-corrected chi connectivity index (χ4v) is 3.46. The van der Waals surface area contributed by atoms with Crippen LogP contribution >= 0.6 is 12.2 Å². The second-order valence-electron chi connectivity index (χ2n) is 6.53. The predicted molar refractivity (Wildman–Crippen MR) is 109 cm³/mol. The molecule has 2 aromatic carbocycles. The van der Waals surface area contributed by atoms with Gasteiger partial charge in [0.25, 0.3) is 0 Å². The van der Waals surface area contributed by atoms with E-state index in [1.54, 1.807) is 0 Å². The van der Waals surface area contributed by atoms with Gasteiger partial charge in [0.1, 0.15) is 0 Å². The molecule has 0 atom stereocenters. The SMILES string of the molecule is S=C(NCCc1ccccc1)N1CCN(CCc2ccccc2)CC1. The number of piperazine rings is 1. The maximum atomic E-state index is 5.57. The zero-order valence-electron chi connectivity index (χ0n) is 14.7. The molecule has 25 heavy (non-hydrogen) atoms. The van der Waals surface area contributed by atoms with E-state index in [1.807, 2.05) is 0 Å². The normalized spacial score (nSPS) is 15.1. The van der Waals surface area contributed by atoms with E-state index in [0.717, 1.165) is 57.2 Å². The van der Waals surface area contributed by atoms with Crippen molar-refractivity contribution in [3.63, 3.8) is 0 Å². The van der Waals surface area contributed by atoms with Crippen molar-refractivity contribution in [1.29, 1.82) is 0 Å². The molecule has 0 amide bonds. The molecule has 0 saturated carbocycles. The van der Waals surface area contributed by atoms with Gasteiger partial charge in [-0.1, -0.05) is 60.7 Å². The van der Waals surface area contributed by atoms with Crippen LogP contribution in [-0.4, -0.2) is 54.2 Å². The first-order valence-corrected chi connectivity index (χ1v) is 9.55. The maximum Gasteiger partial charge on any atom is 0.169 e. The summed E-state index contributed by atoms with van der Waals surface area (Å²) in [6.45, 7) is 6.25. The van der Waals surface area contributed by atoms with Crippen LogP contribution in [0.3, 0.4) is 0 Å². The molecule has 1 aliphatic heterocycles. The second-order valence-corrected chi connectivity index (χ2v) is 6.92. The number of thiocarbonyl (C=S) groups is 1. The van der Waals surface area contributed by atoms with E-state index in [9.17, 15) is 0 Å². The van der Waals surface area contributed by atoms with Crippen LogP contribution in [0.1, 0.15) is 11.1 Å². The van der Waals surface area contributed by atoms with Crippen LogP contribution < -0.4 is 5.32 Å². The molecule has 1 heterocycles. The Morgan fingerprint density at radius 1 is 0.800 bits per heavy atom. The van der Waals surface area contributed by atoms with Crippen LogP contribution in [0.2, 0.25) is 0 Å². The topological polar surface area (TPSA) is 18.5 Å². The first-order chi connectivity index (χ1) is 12.3. The summed E-state index contributed by atoms with van der Waals surface area (Å²) >= 11 is 5.57.